The number of hydrogen-bond donors (Lipinski definition) is 3. The van der Waals surface area contributed by atoms with Crippen LogP contribution < -0.4 is 11.1 Å². The molecule has 18 heavy (non-hydrogen) atoms. The number of hydrogen-bond acceptors (Lipinski definition) is 3. The van der Waals surface area contributed by atoms with Crippen molar-refractivity contribution in [1.29, 1.82) is 0 Å². The smallest absolute Gasteiger partial charge is 0.223 e. The monoisotopic (exact) mass is 256 g/mol. The number of carbonyl (C=O) groups is 1. The number of nitrogens with one attached hydrogen (secondary N) is 1. The van der Waals surface area contributed by atoms with Crippen molar-refractivity contribution in [1.82, 2.24) is 5.32 Å². The molecule has 0 saturated heterocycles. The SMILES string of the molecule is CC(N)CCCC(C)C(=O)NC1CCCCC1O. The molecule has 4 nitrogen and oxygen atoms in total. The maximum absolute atomic E-state index is 12.0. The van der Waals surface area contributed by atoms with Gasteiger partial charge in [0.2, 0.25) is 5.91 Å². The van der Waals surface area contributed by atoms with Crippen LogP contribution in [0, 0.1) is 5.92 Å². The van der Waals surface area contributed by atoms with E-state index in [4.69, 9.17) is 5.73 Å². The third kappa shape index (κ3) is 5.36. The molecule has 0 aliphatic heterocycles. The van der Waals surface area contributed by atoms with Gasteiger partial charge in [-0.25, -0.2) is 0 Å². The topological polar surface area (TPSA) is 75.4 Å². The number of aliphatic hydroxyl groups excluding tert-OH is 1. The molecular formula is C14H28N2O2. The summed E-state index contributed by atoms with van der Waals surface area (Å²) < 4.78 is 0. The molecule has 0 aromatic rings. The molecule has 4 atom stereocenters. The summed E-state index contributed by atoms with van der Waals surface area (Å²) in [5.74, 6) is 0.0866. The lowest BCUT2D eigenvalue weighted by molar-refractivity contribution is -0.126. The molecule has 1 amide bonds. The molecule has 106 valence electrons. The van der Waals surface area contributed by atoms with Crippen LogP contribution in [0.15, 0.2) is 0 Å². The summed E-state index contributed by atoms with van der Waals surface area (Å²) in [5, 5.41) is 12.8. The van der Waals surface area contributed by atoms with Gasteiger partial charge in [0, 0.05) is 12.0 Å². The van der Waals surface area contributed by atoms with E-state index in [0.29, 0.717) is 0 Å². The number of aliphatic hydroxyl groups is 1. The number of carbonyl (C=O) groups excluding carboxylic acids is 1. The fraction of sp³-hybridized carbons (Fsp3) is 0.929. The van der Waals surface area contributed by atoms with Gasteiger partial charge in [-0.1, -0.05) is 26.2 Å². The molecule has 4 unspecified atom stereocenters. The Labute approximate surface area is 110 Å². The van der Waals surface area contributed by atoms with E-state index in [1.54, 1.807) is 0 Å². The highest BCUT2D eigenvalue weighted by Crippen LogP contribution is 2.19. The molecule has 1 aliphatic rings. The molecule has 0 bridgehead atoms. The maximum atomic E-state index is 12.0. The minimum atomic E-state index is -0.362. The molecule has 0 aromatic heterocycles. The molecule has 1 aliphatic carbocycles. The van der Waals surface area contributed by atoms with Gasteiger partial charge in [-0.15, -0.1) is 0 Å². The fourth-order valence-corrected chi connectivity index (χ4v) is 2.48. The van der Waals surface area contributed by atoms with E-state index in [0.717, 1.165) is 44.9 Å². The summed E-state index contributed by atoms with van der Waals surface area (Å²) >= 11 is 0. The van der Waals surface area contributed by atoms with Crippen molar-refractivity contribution >= 4 is 5.91 Å². The predicted octanol–water partition coefficient (Wildman–Crippen LogP) is 1.56. The number of amides is 1. The van der Waals surface area contributed by atoms with Crippen LogP contribution in [0.1, 0.15) is 58.8 Å². The van der Waals surface area contributed by atoms with Gasteiger partial charge in [-0.2, -0.15) is 0 Å². The Morgan fingerprint density at radius 3 is 2.61 bits per heavy atom. The van der Waals surface area contributed by atoms with E-state index in [9.17, 15) is 9.90 Å². The van der Waals surface area contributed by atoms with Gasteiger partial charge in [0.05, 0.1) is 12.1 Å². The van der Waals surface area contributed by atoms with Gasteiger partial charge in [0.1, 0.15) is 0 Å². The predicted molar refractivity (Wildman–Crippen MR) is 73.1 cm³/mol. The molecule has 4 N–H and O–H groups in total. The number of nitrogens with two attached hydrogens (primary N) is 1. The maximum Gasteiger partial charge on any atom is 0.223 e. The molecule has 4 heteroatoms. The second-order valence-corrected chi connectivity index (χ2v) is 5.78. The molecular weight excluding hydrogens is 228 g/mol. The standard InChI is InChI=1S/C14H28N2O2/c1-10(6-5-7-11(2)15)14(18)16-12-8-3-4-9-13(12)17/h10-13,17H,3-9,15H2,1-2H3,(H,16,18). The highest BCUT2D eigenvalue weighted by Gasteiger charge is 2.25. The zero-order valence-electron chi connectivity index (χ0n) is 11.7. The normalized spacial score (nSPS) is 27.6. The molecule has 1 rings (SSSR count). The van der Waals surface area contributed by atoms with E-state index < -0.39 is 0 Å². The molecule has 0 heterocycles. The first-order chi connectivity index (χ1) is 8.50. The Hall–Kier alpha value is -0.610. The van der Waals surface area contributed by atoms with E-state index in [1.165, 1.54) is 0 Å². The van der Waals surface area contributed by atoms with Crippen molar-refractivity contribution < 1.29 is 9.90 Å². The van der Waals surface area contributed by atoms with Crippen LogP contribution in [0.2, 0.25) is 0 Å². The van der Waals surface area contributed by atoms with Gasteiger partial charge in [-0.3, -0.25) is 4.79 Å². The largest absolute Gasteiger partial charge is 0.391 e. The zero-order valence-corrected chi connectivity index (χ0v) is 11.7. The molecule has 0 spiro atoms. The Balaban J connectivity index is 2.26. The van der Waals surface area contributed by atoms with E-state index >= 15 is 0 Å². The molecule has 0 aromatic carbocycles. The van der Waals surface area contributed by atoms with Gasteiger partial charge >= 0.3 is 0 Å². The summed E-state index contributed by atoms with van der Waals surface area (Å²) in [6, 6.07) is 0.169. The van der Waals surface area contributed by atoms with Gasteiger partial charge in [-0.05, 0) is 32.6 Å². The van der Waals surface area contributed by atoms with Crippen molar-refractivity contribution in [2.45, 2.75) is 77.0 Å². The minimum Gasteiger partial charge on any atom is -0.391 e. The van der Waals surface area contributed by atoms with Crippen molar-refractivity contribution in [2.75, 3.05) is 0 Å². The van der Waals surface area contributed by atoms with E-state index in [2.05, 4.69) is 5.32 Å². The third-order valence-electron chi connectivity index (χ3n) is 3.80. The van der Waals surface area contributed by atoms with Crippen LogP contribution in [0.4, 0.5) is 0 Å². The summed E-state index contributed by atoms with van der Waals surface area (Å²) in [6.07, 6.45) is 6.33. The highest BCUT2D eigenvalue weighted by molar-refractivity contribution is 5.78. The lowest BCUT2D eigenvalue weighted by atomic mass is 9.91. The summed E-state index contributed by atoms with van der Waals surface area (Å²) in [6.45, 7) is 3.94. The van der Waals surface area contributed by atoms with Crippen LogP contribution in [0.3, 0.4) is 0 Å². The van der Waals surface area contributed by atoms with Crippen LogP contribution in [-0.2, 0) is 4.79 Å². The molecule has 1 saturated carbocycles. The summed E-state index contributed by atoms with van der Waals surface area (Å²) in [4.78, 5) is 12.0. The Bertz CT molecular complexity index is 256. The summed E-state index contributed by atoms with van der Waals surface area (Å²) in [5.41, 5.74) is 5.69. The quantitative estimate of drug-likeness (QED) is 0.675. The lowest BCUT2D eigenvalue weighted by Crippen LogP contribution is -2.46. The van der Waals surface area contributed by atoms with Gasteiger partial charge < -0.3 is 16.2 Å². The first kappa shape index (κ1) is 15.4. The third-order valence-corrected chi connectivity index (χ3v) is 3.80. The van der Waals surface area contributed by atoms with Crippen LogP contribution >= 0.6 is 0 Å². The Kier molecular flexibility index (Phi) is 6.65. The van der Waals surface area contributed by atoms with Crippen molar-refractivity contribution in [2.24, 2.45) is 11.7 Å². The second kappa shape index (κ2) is 7.74. The van der Waals surface area contributed by atoms with Crippen LogP contribution in [-0.4, -0.2) is 29.2 Å². The van der Waals surface area contributed by atoms with Crippen LogP contribution in [0.5, 0.6) is 0 Å². The van der Waals surface area contributed by atoms with Gasteiger partial charge in [0.15, 0.2) is 0 Å². The average molecular weight is 256 g/mol. The highest BCUT2D eigenvalue weighted by atomic mass is 16.3. The second-order valence-electron chi connectivity index (χ2n) is 5.78. The molecule has 1 fully saturated rings. The summed E-state index contributed by atoms with van der Waals surface area (Å²) in [7, 11) is 0. The van der Waals surface area contributed by atoms with E-state index in [-0.39, 0.29) is 30.0 Å². The van der Waals surface area contributed by atoms with Crippen LogP contribution in [0.25, 0.3) is 0 Å². The fourth-order valence-electron chi connectivity index (χ4n) is 2.48. The molecule has 0 radical (unpaired) electrons. The van der Waals surface area contributed by atoms with Crippen molar-refractivity contribution in [3.63, 3.8) is 0 Å². The van der Waals surface area contributed by atoms with Gasteiger partial charge in [0.25, 0.3) is 0 Å². The Morgan fingerprint density at radius 2 is 2.00 bits per heavy atom. The van der Waals surface area contributed by atoms with Crippen molar-refractivity contribution in [3.8, 4) is 0 Å². The first-order valence-corrected chi connectivity index (χ1v) is 7.24. The lowest BCUT2D eigenvalue weighted by Gasteiger charge is -2.29. The Morgan fingerprint density at radius 1 is 1.33 bits per heavy atom. The average Bonchev–Trinajstić information content (AvgIpc) is 2.31. The first-order valence-electron chi connectivity index (χ1n) is 7.24. The van der Waals surface area contributed by atoms with E-state index in [1.807, 2.05) is 13.8 Å². The minimum absolute atomic E-state index is 0.0119. The zero-order chi connectivity index (χ0) is 13.5. The number of rotatable bonds is 6. The van der Waals surface area contributed by atoms with Crippen molar-refractivity contribution in [3.05, 3.63) is 0 Å².